The Morgan fingerprint density at radius 1 is 1.04 bits per heavy atom. The van der Waals surface area contributed by atoms with Crippen LogP contribution in [0.1, 0.15) is 20.9 Å². The number of nitrogens with one attached hydrogen (secondary N) is 1. The molecular formula is C19H12Cl3NO5. The van der Waals surface area contributed by atoms with E-state index in [4.69, 9.17) is 44.0 Å². The number of carbonyl (C=O) groups excluding carboxylic acids is 1. The van der Waals surface area contributed by atoms with Crippen molar-refractivity contribution >= 4 is 52.4 Å². The number of methoxy groups -OCH3 is 1. The van der Waals surface area contributed by atoms with E-state index in [2.05, 4.69) is 5.32 Å². The fraction of sp³-hybridized carbons (Fsp3) is 0.0526. The van der Waals surface area contributed by atoms with E-state index in [0.717, 1.165) is 0 Å². The lowest BCUT2D eigenvalue weighted by Crippen LogP contribution is -2.13. The van der Waals surface area contributed by atoms with Gasteiger partial charge in [0.2, 0.25) is 0 Å². The number of ether oxygens (including phenoxy) is 1. The summed E-state index contributed by atoms with van der Waals surface area (Å²) in [4.78, 5) is 23.8. The van der Waals surface area contributed by atoms with Crippen molar-refractivity contribution in [3.63, 3.8) is 0 Å². The average molecular weight is 441 g/mol. The highest BCUT2D eigenvalue weighted by atomic mass is 35.5. The SMILES string of the molecule is COc1c(Cl)cc(C(=O)O)cc1NC(=O)c1ccc(-c2cc(Cl)cc(Cl)c2)o1. The number of hydrogen-bond acceptors (Lipinski definition) is 4. The third kappa shape index (κ3) is 4.25. The van der Waals surface area contributed by atoms with Crippen LogP contribution in [0.2, 0.25) is 15.1 Å². The first-order chi connectivity index (χ1) is 13.3. The molecular weight excluding hydrogens is 429 g/mol. The van der Waals surface area contributed by atoms with Crippen LogP contribution < -0.4 is 10.1 Å². The summed E-state index contributed by atoms with van der Waals surface area (Å²) >= 11 is 18.0. The lowest BCUT2D eigenvalue weighted by molar-refractivity contribution is 0.0696. The van der Waals surface area contributed by atoms with Crippen molar-refractivity contribution in [1.82, 2.24) is 0 Å². The largest absolute Gasteiger partial charge is 0.493 e. The molecule has 0 fully saturated rings. The fourth-order valence-electron chi connectivity index (χ4n) is 2.51. The average Bonchev–Trinajstić information content (AvgIpc) is 3.11. The van der Waals surface area contributed by atoms with Gasteiger partial charge in [-0.2, -0.15) is 0 Å². The normalized spacial score (nSPS) is 10.6. The number of anilines is 1. The zero-order valence-corrected chi connectivity index (χ0v) is 16.5. The molecule has 0 spiro atoms. The first-order valence-corrected chi connectivity index (χ1v) is 8.90. The standard InChI is InChI=1S/C19H12Cl3NO5/c1-27-17-13(22)6-10(19(25)26)7-14(17)23-18(24)16-3-2-15(28-16)9-4-11(20)8-12(21)5-9/h2-8H,1H3,(H,23,24)(H,25,26). The summed E-state index contributed by atoms with van der Waals surface area (Å²) in [7, 11) is 1.35. The number of aromatic carboxylic acids is 1. The maximum Gasteiger partial charge on any atom is 0.335 e. The lowest BCUT2D eigenvalue weighted by atomic mass is 10.2. The van der Waals surface area contributed by atoms with Crippen LogP contribution in [-0.2, 0) is 0 Å². The fourth-order valence-corrected chi connectivity index (χ4v) is 3.33. The number of furan rings is 1. The van der Waals surface area contributed by atoms with Gasteiger partial charge in [0.1, 0.15) is 5.76 Å². The zero-order valence-electron chi connectivity index (χ0n) is 14.3. The number of rotatable bonds is 5. The van der Waals surface area contributed by atoms with E-state index in [-0.39, 0.29) is 27.8 Å². The van der Waals surface area contributed by atoms with Crippen LogP contribution >= 0.6 is 34.8 Å². The summed E-state index contributed by atoms with van der Waals surface area (Å²) in [6.45, 7) is 0. The van der Waals surface area contributed by atoms with Crippen LogP contribution in [0, 0.1) is 0 Å². The molecule has 0 saturated heterocycles. The number of amides is 1. The van der Waals surface area contributed by atoms with E-state index in [1.165, 1.54) is 25.3 Å². The second-order valence-electron chi connectivity index (χ2n) is 5.62. The molecule has 0 unspecified atom stereocenters. The predicted molar refractivity (Wildman–Crippen MR) is 107 cm³/mol. The molecule has 2 aromatic carbocycles. The van der Waals surface area contributed by atoms with Gasteiger partial charge in [-0.05, 0) is 42.5 Å². The Kier molecular flexibility index (Phi) is 5.84. The highest BCUT2D eigenvalue weighted by Gasteiger charge is 2.19. The van der Waals surface area contributed by atoms with Gasteiger partial charge in [0, 0.05) is 15.6 Å². The van der Waals surface area contributed by atoms with E-state index >= 15 is 0 Å². The van der Waals surface area contributed by atoms with Crippen molar-refractivity contribution in [1.29, 1.82) is 0 Å². The maximum atomic E-state index is 12.6. The van der Waals surface area contributed by atoms with Crippen molar-refractivity contribution in [2.45, 2.75) is 0 Å². The summed E-state index contributed by atoms with van der Waals surface area (Å²) in [5.74, 6) is -1.30. The van der Waals surface area contributed by atoms with Crippen LogP contribution in [-0.4, -0.2) is 24.1 Å². The Hall–Kier alpha value is -2.67. The van der Waals surface area contributed by atoms with Crippen LogP contribution in [0.5, 0.6) is 5.75 Å². The summed E-state index contributed by atoms with van der Waals surface area (Å²) in [6, 6.07) is 10.4. The van der Waals surface area contributed by atoms with Gasteiger partial charge in [0.05, 0.1) is 23.4 Å². The molecule has 144 valence electrons. The molecule has 3 aromatic rings. The lowest BCUT2D eigenvalue weighted by Gasteiger charge is -2.12. The molecule has 0 aliphatic rings. The van der Waals surface area contributed by atoms with Gasteiger partial charge >= 0.3 is 5.97 Å². The molecule has 0 aliphatic carbocycles. The summed E-state index contributed by atoms with van der Waals surface area (Å²) in [6.07, 6.45) is 0. The highest BCUT2D eigenvalue weighted by molar-refractivity contribution is 6.35. The van der Waals surface area contributed by atoms with Crippen molar-refractivity contribution in [3.05, 3.63) is 68.9 Å². The Bertz CT molecular complexity index is 1060. The van der Waals surface area contributed by atoms with Gasteiger partial charge < -0.3 is 19.6 Å². The van der Waals surface area contributed by atoms with Crippen molar-refractivity contribution in [2.75, 3.05) is 12.4 Å². The monoisotopic (exact) mass is 439 g/mol. The minimum atomic E-state index is -1.20. The van der Waals surface area contributed by atoms with Gasteiger partial charge in [-0.25, -0.2) is 4.79 Å². The second-order valence-corrected chi connectivity index (χ2v) is 6.90. The molecule has 28 heavy (non-hydrogen) atoms. The number of carbonyl (C=O) groups is 2. The van der Waals surface area contributed by atoms with Gasteiger partial charge in [-0.3, -0.25) is 4.79 Å². The first kappa shape index (κ1) is 20.1. The van der Waals surface area contributed by atoms with Gasteiger partial charge in [-0.1, -0.05) is 34.8 Å². The molecule has 1 amide bonds. The van der Waals surface area contributed by atoms with E-state index in [0.29, 0.717) is 21.4 Å². The zero-order chi connectivity index (χ0) is 20.4. The molecule has 2 N–H and O–H groups in total. The number of hydrogen-bond donors (Lipinski definition) is 2. The Morgan fingerprint density at radius 3 is 2.32 bits per heavy atom. The number of carboxylic acid groups (broad SMARTS) is 1. The Labute approximate surface area is 174 Å². The molecule has 3 rings (SSSR count). The molecule has 6 nitrogen and oxygen atoms in total. The van der Waals surface area contributed by atoms with E-state index in [1.807, 2.05) is 0 Å². The molecule has 0 radical (unpaired) electrons. The van der Waals surface area contributed by atoms with Gasteiger partial charge in [0.15, 0.2) is 11.5 Å². The van der Waals surface area contributed by atoms with Crippen LogP contribution in [0.3, 0.4) is 0 Å². The number of benzene rings is 2. The van der Waals surface area contributed by atoms with Gasteiger partial charge in [0.25, 0.3) is 5.91 Å². The smallest absolute Gasteiger partial charge is 0.335 e. The van der Waals surface area contributed by atoms with Gasteiger partial charge in [-0.15, -0.1) is 0 Å². The summed E-state index contributed by atoms with van der Waals surface area (Å²) in [5.41, 5.74) is 0.598. The van der Waals surface area contributed by atoms with E-state index < -0.39 is 11.9 Å². The summed E-state index contributed by atoms with van der Waals surface area (Å²) < 4.78 is 10.7. The van der Waals surface area contributed by atoms with E-state index in [9.17, 15) is 14.7 Å². The molecule has 0 atom stereocenters. The first-order valence-electron chi connectivity index (χ1n) is 7.77. The molecule has 1 heterocycles. The molecule has 0 saturated carbocycles. The number of halogens is 3. The topological polar surface area (TPSA) is 88.8 Å². The third-order valence-corrected chi connectivity index (χ3v) is 4.44. The molecule has 1 aromatic heterocycles. The third-order valence-electron chi connectivity index (χ3n) is 3.72. The van der Waals surface area contributed by atoms with Crippen molar-refractivity contribution in [3.8, 4) is 17.1 Å². The summed E-state index contributed by atoms with van der Waals surface area (Å²) in [5, 5.41) is 12.6. The van der Waals surface area contributed by atoms with Crippen LogP contribution in [0.25, 0.3) is 11.3 Å². The van der Waals surface area contributed by atoms with Crippen LogP contribution in [0.15, 0.2) is 46.9 Å². The molecule has 0 bridgehead atoms. The number of carboxylic acids is 1. The van der Waals surface area contributed by atoms with Crippen LogP contribution in [0.4, 0.5) is 5.69 Å². The highest BCUT2D eigenvalue weighted by Crippen LogP contribution is 2.35. The molecule has 9 heteroatoms. The van der Waals surface area contributed by atoms with E-state index in [1.54, 1.807) is 24.3 Å². The predicted octanol–water partition coefficient (Wildman–Crippen LogP) is 5.87. The Morgan fingerprint density at radius 2 is 1.71 bits per heavy atom. The minimum absolute atomic E-state index is 0.00926. The quantitative estimate of drug-likeness (QED) is 0.518. The van der Waals surface area contributed by atoms with Crippen molar-refractivity contribution in [2.24, 2.45) is 0 Å². The minimum Gasteiger partial charge on any atom is -0.493 e. The maximum absolute atomic E-state index is 12.6. The van der Waals surface area contributed by atoms with Crippen molar-refractivity contribution < 1.29 is 23.8 Å². The molecule has 0 aliphatic heterocycles. The second kappa shape index (κ2) is 8.14. The Balaban J connectivity index is 1.90.